The van der Waals surface area contributed by atoms with Gasteiger partial charge >= 0.3 is 0 Å². The summed E-state index contributed by atoms with van der Waals surface area (Å²) >= 11 is 0. The van der Waals surface area contributed by atoms with E-state index >= 15 is 0 Å². The summed E-state index contributed by atoms with van der Waals surface area (Å²) in [4.78, 5) is 13.3. The number of carbonyl (C=O) groups is 1. The van der Waals surface area contributed by atoms with Crippen LogP contribution in [-0.2, 0) is 4.74 Å². The summed E-state index contributed by atoms with van der Waals surface area (Å²) in [5.41, 5.74) is 7.89. The molecule has 0 aliphatic carbocycles. The van der Waals surface area contributed by atoms with Crippen molar-refractivity contribution in [2.45, 2.75) is 6.42 Å². The first-order valence-electron chi connectivity index (χ1n) is 6.60. The number of rotatable bonds is 8. The minimum atomic E-state index is -0.0593. The summed E-state index contributed by atoms with van der Waals surface area (Å²) in [6.45, 7) is 5.58. The summed E-state index contributed by atoms with van der Waals surface area (Å²) in [6.07, 6.45) is 2.68. The van der Waals surface area contributed by atoms with Crippen molar-refractivity contribution in [1.29, 1.82) is 0 Å². The van der Waals surface area contributed by atoms with Crippen LogP contribution in [0.25, 0.3) is 0 Å². The van der Waals surface area contributed by atoms with E-state index in [9.17, 15) is 4.79 Å². The summed E-state index contributed by atoms with van der Waals surface area (Å²) < 4.78 is 5.39. The minimum Gasteiger partial charge on any atom is -0.397 e. The average molecular weight is 277 g/mol. The largest absolute Gasteiger partial charge is 0.397 e. The molecule has 5 nitrogen and oxygen atoms in total. The van der Waals surface area contributed by atoms with Gasteiger partial charge in [0.1, 0.15) is 0 Å². The molecule has 3 N–H and O–H groups in total. The van der Waals surface area contributed by atoms with Gasteiger partial charge < -0.3 is 20.7 Å². The molecule has 0 aromatic heterocycles. The molecule has 1 amide bonds. The maximum atomic E-state index is 11.8. The molecule has 1 aromatic rings. The standard InChI is InChI=1S/C15H23N3O2/c1-4-5-9-20-10-8-17-14-7-6-12(11-13(14)16)15(19)18(2)3/h4,6-7,11,17H,1,5,8-10,16H2,2-3H3. The first kappa shape index (κ1) is 16.0. The molecule has 0 aliphatic heterocycles. The molecule has 0 saturated carbocycles. The Hall–Kier alpha value is -2.01. The third-order valence-electron chi connectivity index (χ3n) is 2.73. The lowest BCUT2D eigenvalue weighted by molar-refractivity contribution is 0.0827. The van der Waals surface area contributed by atoms with E-state index in [0.717, 1.165) is 12.1 Å². The molecule has 0 bridgehead atoms. The van der Waals surface area contributed by atoms with E-state index in [-0.39, 0.29) is 5.91 Å². The zero-order chi connectivity index (χ0) is 15.0. The van der Waals surface area contributed by atoms with Gasteiger partial charge in [0.15, 0.2) is 0 Å². The van der Waals surface area contributed by atoms with Crippen molar-refractivity contribution in [3.05, 3.63) is 36.4 Å². The zero-order valence-electron chi connectivity index (χ0n) is 12.2. The van der Waals surface area contributed by atoms with Gasteiger partial charge in [-0.15, -0.1) is 6.58 Å². The summed E-state index contributed by atoms with van der Waals surface area (Å²) in [6, 6.07) is 5.26. The highest BCUT2D eigenvalue weighted by atomic mass is 16.5. The Morgan fingerprint density at radius 3 is 2.80 bits per heavy atom. The molecular weight excluding hydrogens is 254 g/mol. The number of nitrogens with zero attached hydrogens (tertiary/aromatic N) is 1. The van der Waals surface area contributed by atoms with Crippen LogP contribution in [0.15, 0.2) is 30.9 Å². The van der Waals surface area contributed by atoms with Gasteiger partial charge in [0, 0.05) is 26.2 Å². The Bertz CT molecular complexity index is 458. The molecule has 0 radical (unpaired) electrons. The number of nitrogen functional groups attached to an aromatic ring is 1. The number of carbonyl (C=O) groups excluding carboxylic acids is 1. The van der Waals surface area contributed by atoms with Crippen LogP contribution in [0, 0.1) is 0 Å². The van der Waals surface area contributed by atoms with E-state index in [0.29, 0.717) is 31.0 Å². The van der Waals surface area contributed by atoms with Crippen LogP contribution in [0.4, 0.5) is 11.4 Å². The molecule has 1 aromatic carbocycles. The summed E-state index contributed by atoms with van der Waals surface area (Å²) in [5.74, 6) is -0.0593. The fraction of sp³-hybridized carbons (Fsp3) is 0.400. The molecule has 5 heteroatoms. The Morgan fingerprint density at radius 2 is 2.20 bits per heavy atom. The number of benzene rings is 1. The van der Waals surface area contributed by atoms with Gasteiger partial charge in [0.2, 0.25) is 0 Å². The van der Waals surface area contributed by atoms with Crippen LogP contribution in [0.3, 0.4) is 0 Å². The quantitative estimate of drug-likeness (QED) is 0.433. The van der Waals surface area contributed by atoms with Crippen molar-refractivity contribution in [3.8, 4) is 0 Å². The Balaban J connectivity index is 2.48. The van der Waals surface area contributed by atoms with Gasteiger partial charge in [-0.1, -0.05) is 6.08 Å². The lowest BCUT2D eigenvalue weighted by Gasteiger charge is -2.13. The van der Waals surface area contributed by atoms with Gasteiger partial charge in [-0.3, -0.25) is 4.79 Å². The maximum Gasteiger partial charge on any atom is 0.253 e. The van der Waals surface area contributed by atoms with E-state index in [1.807, 2.05) is 12.1 Å². The van der Waals surface area contributed by atoms with Gasteiger partial charge in [0.25, 0.3) is 5.91 Å². The third kappa shape index (κ3) is 4.93. The predicted molar refractivity (Wildman–Crippen MR) is 83.0 cm³/mol. The van der Waals surface area contributed by atoms with Crippen LogP contribution in [0.2, 0.25) is 0 Å². The second-order valence-electron chi connectivity index (χ2n) is 4.62. The molecule has 0 fully saturated rings. The molecule has 110 valence electrons. The second kappa shape index (κ2) is 8.22. The Kier molecular flexibility index (Phi) is 6.59. The van der Waals surface area contributed by atoms with Crippen molar-refractivity contribution >= 4 is 17.3 Å². The molecule has 1 rings (SSSR count). The van der Waals surface area contributed by atoms with E-state index in [2.05, 4.69) is 11.9 Å². The molecule has 20 heavy (non-hydrogen) atoms. The number of hydrogen-bond donors (Lipinski definition) is 2. The lowest BCUT2D eigenvalue weighted by atomic mass is 10.1. The SMILES string of the molecule is C=CCCOCCNc1ccc(C(=O)N(C)C)cc1N. The number of ether oxygens (including phenoxy) is 1. The maximum absolute atomic E-state index is 11.8. The molecule has 0 unspecified atom stereocenters. The highest BCUT2D eigenvalue weighted by Gasteiger charge is 2.09. The molecule has 0 heterocycles. The summed E-state index contributed by atoms with van der Waals surface area (Å²) in [7, 11) is 3.43. The fourth-order valence-electron chi connectivity index (χ4n) is 1.64. The van der Waals surface area contributed by atoms with Gasteiger partial charge in [-0.05, 0) is 24.6 Å². The smallest absolute Gasteiger partial charge is 0.253 e. The second-order valence-corrected chi connectivity index (χ2v) is 4.62. The average Bonchev–Trinajstić information content (AvgIpc) is 2.43. The number of nitrogens with two attached hydrogens (primary N) is 1. The van der Waals surface area contributed by atoms with E-state index in [1.54, 1.807) is 26.2 Å². The molecule has 0 spiro atoms. The molecule has 0 aliphatic rings. The third-order valence-corrected chi connectivity index (χ3v) is 2.73. The first-order valence-corrected chi connectivity index (χ1v) is 6.60. The van der Waals surface area contributed by atoms with Crippen LogP contribution < -0.4 is 11.1 Å². The first-order chi connectivity index (χ1) is 9.56. The number of hydrogen-bond acceptors (Lipinski definition) is 4. The highest BCUT2D eigenvalue weighted by Crippen LogP contribution is 2.20. The predicted octanol–water partition coefficient (Wildman–Crippen LogP) is 1.98. The number of anilines is 2. The van der Waals surface area contributed by atoms with Crippen LogP contribution >= 0.6 is 0 Å². The van der Waals surface area contributed by atoms with Crippen LogP contribution in [0.1, 0.15) is 16.8 Å². The molecular formula is C15H23N3O2. The van der Waals surface area contributed by atoms with Crippen molar-refractivity contribution in [1.82, 2.24) is 4.90 Å². The highest BCUT2D eigenvalue weighted by molar-refractivity contribution is 5.95. The topological polar surface area (TPSA) is 67.6 Å². The van der Waals surface area contributed by atoms with Gasteiger partial charge in [0.05, 0.1) is 24.6 Å². The van der Waals surface area contributed by atoms with Gasteiger partial charge in [-0.25, -0.2) is 0 Å². The van der Waals surface area contributed by atoms with Crippen molar-refractivity contribution < 1.29 is 9.53 Å². The summed E-state index contributed by atoms with van der Waals surface area (Å²) in [5, 5.41) is 3.18. The minimum absolute atomic E-state index is 0.0593. The van der Waals surface area contributed by atoms with Crippen molar-refractivity contribution in [2.75, 3.05) is 44.9 Å². The van der Waals surface area contributed by atoms with Crippen LogP contribution in [0.5, 0.6) is 0 Å². The Labute approximate surface area is 120 Å². The van der Waals surface area contributed by atoms with E-state index in [1.165, 1.54) is 4.90 Å². The number of nitrogens with one attached hydrogen (secondary N) is 1. The van der Waals surface area contributed by atoms with Crippen LogP contribution in [-0.4, -0.2) is 44.7 Å². The zero-order valence-corrected chi connectivity index (χ0v) is 12.2. The normalized spacial score (nSPS) is 10.1. The van der Waals surface area contributed by atoms with E-state index < -0.39 is 0 Å². The van der Waals surface area contributed by atoms with E-state index in [4.69, 9.17) is 10.5 Å². The van der Waals surface area contributed by atoms with Gasteiger partial charge in [-0.2, -0.15) is 0 Å². The Morgan fingerprint density at radius 1 is 1.45 bits per heavy atom. The monoisotopic (exact) mass is 277 g/mol. The number of amides is 1. The molecule has 0 saturated heterocycles. The molecule has 0 atom stereocenters. The van der Waals surface area contributed by atoms with Crippen molar-refractivity contribution in [3.63, 3.8) is 0 Å². The van der Waals surface area contributed by atoms with Crippen molar-refractivity contribution in [2.24, 2.45) is 0 Å². The lowest BCUT2D eigenvalue weighted by Crippen LogP contribution is -2.21. The fourth-order valence-corrected chi connectivity index (χ4v) is 1.64.